The largest absolute Gasteiger partial charge is 0.463 e. The molecule has 0 aliphatic rings. The number of rotatable bonds is 6. The molecule has 1 atom stereocenters. The zero-order chi connectivity index (χ0) is 19.4. The molecule has 10 heteroatoms. The van der Waals surface area contributed by atoms with Crippen LogP contribution < -0.4 is 10.1 Å². The molecule has 8 nitrogen and oxygen atoms in total. The van der Waals surface area contributed by atoms with Crippen molar-refractivity contribution < 1.29 is 9.53 Å². The first kappa shape index (κ1) is 18.8. The first-order valence-corrected chi connectivity index (χ1v) is 9.28. The standard InChI is InChI=1S/C17H15ClN6O2S/c1-3-26-17-22-15(10(2)21-16(25)12-6-13(18)27-9-12)24(23-17)14-5-4-11(7-19)8-20-14/h4-6,8-10H,3H2,1-2H3,(H,21,25)/t10-/m0/s1. The second-order valence-corrected chi connectivity index (χ2v) is 6.99. The van der Waals surface area contributed by atoms with Gasteiger partial charge >= 0.3 is 6.01 Å². The Morgan fingerprint density at radius 3 is 2.93 bits per heavy atom. The Kier molecular flexibility index (Phi) is 5.69. The highest BCUT2D eigenvalue weighted by molar-refractivity contribution is 7.14. The van der Waals surface area contributed by atoms with E-state index in [-0.39, 0.29) is 11.9 Å². The molecule has 138 valence electrons. The highest BCUT2D eigenvalue weighted by Crippen LogP contribution is 2.22. The highest BCUT2D eigenvalue weighted by Gasteiger charge is 2.21. The lowest BCUT2D eigenvalue weighted by atomic mass is 10.2. The molecular weight excluding hydrogens is 388 g/mol. The van der Waals surface area contributed by atoms with E-state index in [0.29, 0.717) is 33.7 Å². The molecule has 3 heterocycles. The Balaban J connectivity index is 1.90. The number of pyridine rings is 1. The molecule has 0 aliphatic heterocycles. The molecule has 1 amide bonds. The van der Waals surface area contributed by atoms with Gasteiger partial charge in [-0.2, -0.15) is 14.9 Å². The molecule has 3 rings (SSSR count). The molecule has 0 saturated carbocycles. The van der Waals surface area contributed by atoms with Crippen LogP contribution in [-0.4, -0.2) is 32.3 Å². The average molecular weight is 403 g/mol. The number of halogens is 1. The normalized spacial score (nSPS) is 11.6. The number of nitrogens with one attached hydrogen (secondary N) is 1. The smallest absolute Gasteiger partial charge is 0.336 e. The Morgan fingerprint density at radius 1 is 1.52 bits per heavy atom. The van der Waals surface area contributed by atoms with E-state index in [1.807, 2.05) is 13.0 Å². The second kappa shape index (κ2) is 8.16. The second-order valence-electron chi connectivity index (χ2n) is 5.45. The molecule has 0 fully saturated rings. The van der Waals surface area contributed by atoms with E-state index in [2.05, 4.69) is 20.4 Å². The zero-order valence-corrected chi connectivity index (χ0v) is 16.1. The van der Waals surface area contributed by atoms with E-state index in [0.717, 1.165) is 0 Å². The number of aromatic nitrogens is 4. The maximum Gasteiger partial charge on any atom is 0.336 e. The van der Waals surface area contributed by atoms with Crippen molar-refractivity contribution in [1.82, 2.24) is 25.1 Å². The van der Waals surface area contributed by atoms with Gasteiger partial charge in [-0.05, 0) is 32.0 Å². The first-order chi connectivity index (χ1) is 13.0. The fourth-order valence-corrected chi connectivity index (χ4v) is 3.16. The summed E-state index contributed by atoms with van der Waals surface area (Å²) in [7, 11) is 0. The zero-order valence-electron chi connectivity index (χ0n) is 14.5. The highest BCUT2D eigenvalue weighted by atomic mass is 35.5. The number of amides is 1. The topological polar surface area (TPSA) is 106 Å². The fourth-order valence-electron chi connectivity index (χ4n) is 2.29. The maximum absolute atomic E-state index is 12.4. The summed E-state index contributed by atoms with van der Waals surface area (Å²) in [6.45, 7) is 4.01. The molecule has 0 aliphatic carbocycles. The van der Waals surface area contributed by atoms with Gasteiger partial charge < -0.3 is 10.1 Å². The van der Waals surface area contributed by atoms with Gasteiger partial charge in [-0.25, -0.2) is 4.98 Å². The number of nitrogens with zero attached hydrogens (tertiary/aromatic N) is 5. The third-order valence-electron chi connectivity index (χ3n) is 3.54. The minimum Gasteiger partial charge on any atom is -0.463 e. The van der Waals surface area contributed by atoms with Crippen molar-refractivity contribution in [3.8, 4) is 17.9 Å². The number of hydrogen-bond acceptors (Lipinski definition) is 7. The summed E-state index contributed by atoms with van der Waals surface area (Å²) in [6.07, 6.45) is 1.44. The monoisotopic (exact) mass is 402 g/mol. The van der Waals surface area contributed by atoms with Gasteiger partial charge in [0.1, 0.15) is 6.07 Å². The maximum atomic E-state index is 12.4. The fraction of sp³-hybridized carbons (Fsp3) is 0.235. The molecule has 0 bridgehead atoms. The molecule has 3 aromatic rings. The lowest BCUT2D eigenvalue weighted by molar-refractivity contribution is 0.0938. The summed E-state index contributed by atoms with van der Waals surface area (Å²) >= 11 is 7.18. The minimum absolute atomic E-state index is 0.179. The van der Waals surface area contributed by atoms with Gasteiger partial charge in [-0.1, -0.05) is 11.6 Å². The van der Waals surface area contributed by atoms with Crippen LogP contribution in [0, 0.1) is 11.3 Å². The summed E-state index contributed by atoms with van der Waals surface area (Å²) in [6, 6.07) is 6.60. The third kappa shape index (κ3) is 4.24. The Morgan fingerprint density at radius 2 is 2.33 bits per heavy atom. The summed E-state index contributed by atoms with van der Waals surface area (Å²) in [5.41, 5.74) is 0.908. The van der Waals surface area contributed by atoms with Crippen LogP contribution >= 0.6 is 22.9 Å². The Labute approximate surface area is 164 Å². The molecule has 0 unspecified atom stereocenters. The third-order valence-corrected chi connectivity index (χ3v) is 4.64. The predicted molar refractivity (Wildman–Crippen MR) is 100 cm³/mol. The van der Waals surface area contributed by atoms with Crippen LogP contribution in [0.4, 0.5) is 0 Å². The van der Waals surface area contributed by atoms with Crippen LogP contribution in [0.1, 0.15) is 41.6 Å². The quantitative estimate of drug-likeness (QED) is 0.678. The van der Waals surface area contributed by atoms with Gasteiger partial charge in [0.15, 0.2) is 11.6 Å². The Hall–Kier alpha value is -2.96. The number of hydrogen-bond donors (Lipinski definition) is 1. The molecule has 1 N–H and O–H groups in total. The number of carbonyl (C=O) groups is 1. The number of carbonyl (C=O) groups excluding carboxylic acids is 1. The van der Waals surface area contributed by atoms with Crippen molar-refractivity contribution >= 4 is 28.8 Å². The molecule has 27 heavy (non-hydrogen) atoms. The lowest BCUT2D eigenvalue weighted by Gasteiger charge is -2.13. The van der Waals surface area contributed by atoms with E-state index in [1.54, 1.807) is 30.5 Å². The lowest BCUT2D eigenvalue weighted by Crippen LogP contribution is -2.28. The SMILES string of the molecule is CCOc1nc([C@H](C)NC(=O)c2csc(Cl)c2)n(-c2ccc(C#N)cn2)n1. The first-order valence-electron chi connectivity index (χ1n) is 8.03. The van der Waals surface area contributed by atoms with E-state index in [9.17, 15) is 4.79 Å². The van der Waals surface area contributed by atoms with E-state index >= 15 is 0 Å². The molecule has 0 aromatic carbocycles. The number of thiophene rings is 1. The van der Waals surface area contributed by atoms with Gasteiger partial charge in [0.05, 0.1) is 28.1 Å². The van der Waals surface area contributed by atoms with Crippen LogP contribution in [0.2, 0.25) is 4.34 Å². The summed E-state index contributed by atoms with van der Waals surface area (Å²) in [5, 5.41) is 17.8. The van der Waals surface area contributed by atoms with Gasteiger partial charge in [-0.3, -0.25) is 4.79 Å². The van der Waals surface area contributed by atoms with Crippen molar-refractivity contribution in [2.75, 3.05) is 6.61 Å². The molecular formula is C17H15ClN6O2S. The summed E-state index contributed by atoms with van der Waals surface area (Å²) in [5.74, 6) is 0.637. The van der Waals surface area contributed by atoms with Gasteiger partial charge in [-0.15, -0.1) is 16.4 Å². The van der Waals surface area contributed by atoms with E-state index in [1.165, 1.54) is 22.2 Å². The Bertz CT molecular complexity index is 992. The number of ether oxygens (including phenoxy) is 1. The summed E-state index contributed by atoms with van der Waals surface area (Å²) in [4.78, 5) is 21.0. The molecule has 3 aromatic heterocycles. The predicted octanol–water partition coefficient (Wildman–Crippen LogP) is 3.14. The van der Waals surface area contributed by atoms with Crippen LogP contribution in [0.3, 0.4) is 0 Å². The summed E-state index contributed by atoms with van der Waals surface area (Å²) < 4.78 is 7.41. The van der Waals surface area contributed by atoms with Crippen molar-refractivity contribution in [2.24, 2.45) is 0 Å². The van der Waals surface area contributed by atoms with Crippen LogP contribution in [0.5, 0.6) is 6.01 Å². The van der Waals surface area contributed by atoms with Crippen LogP contribution in [-0.2, 0) is 0 Å². The average Bonchev–Trinajstić information content (AvgIpc) is 3.29. The minimum atomic E-state index is -0.477. The molecule has 0 radical (unpaired) electrons. The van der Waals surface area contributed by atoms with Gasteiger partial charge in [0.25, 0.3) is 5.91 Å². The van der Waals surface area contributed by atoms with Crippen molar-refractivity contribution in [3.05, 3.63) is 51.1 Å². The van der Waals surface area contributed by atoms with Gasteiger partial charge in [0, 0.05) is 11.6 Å². The van der Waals surface area contributed by atoms with E-state index < -0.39 is 6.04 Å². The van der Waals surface area contributed by atoms with Crippen LogP contribution in [0.15, 0.2) is 29.8 Å². The van der Waals surface area contributed by atoms with E-state index in [4.69, 9.17) is 21.6 Å². The van der Waals surface area contributed by atoms with Crippen molar-refractivity contribution in [2.45, 2.75) is 19.9 Å². The van der Waals surface area contributed by atoms with Crippen molar-refractivity contribution in [3.63, 3.8) is 0 Å². The molecule has 0 spiro atoms. The van der Waals surface area contributed by atoms with Crippen molar-refractivity contribution in [1.29, 1.82) is 5.26 Å². The molecule has 0 saturated heterocycles. The number of nitriles is 1. The van der Waals surface area contributed by atoms with Crippen LogP contribution in [0.25, 0.3) is 5.82 Å². The van der Waals surface area contributed by atoms with Gasteiger partial charge in [0.2, 0.25) is 0 Å².